The van der Waals surface area contributed by atoms with E-state index < -0.39 is 17.5 Å². The van der Waals surface area contributed by atoms with Crippen LogP contribution in [0.5, 0.6) is 5.75 Å². The first kappa shape index (κ1) is 17.3. The molecule has 7 nitrogen and oxygen atoms in total. The summed E-state index contributed by atoms with van der Waals surface area (Å²) in [5, 5.41) is 7.60. The largest absolute Gasteiger partial charge is 0.497 e. The van der Waals surface area contributed by atoms with Gasteiger partial charge in [0.05, 0.1) is 13.3 Å². The molecule has 1 aliphatic heterocycles. The summed E-state index contributed by atoms with van der Waals surface area (Å²) < 4.78 is 10.9. The molecule has 1 aromatic carbocycles. The Bertz CT molecular complexity index is 918. The van der Waals surface area contributed by atoms with Crippen LogP contribution in [-0.4, -0.2) is 30.3 Å². The summed E-state index contributed by atoms with van der Waals surface area (Å²) in [5.74, 6) is 2.76. The first-order chi connectivity index (χ1) is 12.9. The molecule has 27 heavy (non-hydrogen) atoms. The third-order valence-corrected chi connectivity index (χ3v) is 5.26. The van der Waals surface area contributed by atoms with Crippen molar-refractivity contribution in [3.05, 3.63) is 53.5 Å². The average molecular weight is 367 g/mol. The van der Waals surface area contributed by atoms with Crippen LogP contribution in [0.3, 0.4) is 0 Å². The number of furan rings is 1. The zero-order valence-electron chi connectivity index (χ0n) is 15.4. The van der Waals surface area contributed by atoms with Crippen molar-refractivity contribution < 1.29 is 18.7 Å². The predicted molar refractivity (Wildman–Crippen MR) is 98.5 cm³/mol. The lowest BCUT2D eigenvalue weighted by Gasteiger charge is -2.21. The van der Waals surface area contributed by atoms with E-state index in [0.29, 0.717) is 28.9 Å². The fraction of sp³-hybridized carbons (Fsp3) is 0.350. The van der Waals surface area contributed by atoms with Crippen molar-refractivity contribution in [3.8, 4) is 5.75 Å². The lowest BCUT2D eigenvalue weighted by Crippen LogP contribution is -2.40. The number of ether oxygens (including phenoxy) is 1. The number of methoxy groups -OCH3 is 1. The molecule has 1 aromatic heterocycles. The summed E-state index contributed by atoms with van der Waals surface area (Å²) in [6.07, 6.45) is 2.52. The third kappa shape index (κ3) is 2.99. The van der Waals surface area contributed by atoms with Crippen molar-refractivity contribution in [2.24, 2.45) is 11.0 Å². The number of hydrazone groups is 1. The van der Waals surface area contributed by atoms with E-state index in [4.69, 9.17) is 9.15 Å². The number of amides is 3. The standard InChI is InChI=1S/C20H21N3O4/c1-12-10-16(12)17-9-8-15(27-17)11-21-23-18(24)20(2,22-19(23)25)13-4-6-14(26-3)7-5-13/h4-9,11-12,16H,10H2,1-3H3,(H,22,25)/b21-11-/t12-,16-,20-/m1/s1. The van der Waals surface area contributed by atoms with Gasteiger partial charge < -0.3 is 14.5 Å². The van der Waals surface area contributed by atoms with Gasteiger partial charge >= 0.3 is 6.03 Å². The van der Waals surface area contributed by atoms with Crippen LogP contribution >= 0.6 is 0 Å². The van der Waals surface area contributed by atoms with E-state index in [1.807, 2.05) is 6.07 Å². The van der Waals surface area contributed by atoms with Gasteiger partial charge in [0.15, 0.2) is 0 Å². The molecule has 0 radical (unpaired) electrons. The SMILES string of the molecule is COc1ccc([C@@]2(C)NC(=O)N(/N=C\c3ccc([C@@H]4C[C@H]4C)o3)C2=O)cc1. The molecular weight excluding hydrogens is 346 g/mol. The molecule has 7 heteroatoms. The molecule has 0 unspecified atom stereocenters. The van der Waals surface area contributed by atoms with Gasteiger partial charge in [-0.15, -0.1) is 5.01 Å². The molecule has 2 fully saturated rings. The topological polar surface area (TPSA) is 84.1 Å². The number of rotatable bonds is 5. The molecule has 1 aliphatic carbocycles. The van der Waals surface area contributed by atoms with E-state index in [2.05, 4.69) is 17.3 Å². The molecule has 4 rings (SSSR count). The van der Waals surface area contributed by atoms with Crippen molar-refractivity contribution in [2.75, 3.05) is 7.11 Å². The summed E-state index contributed by atoms with van der Waals surface area (Å²) in [6, 6.07) is 10.1. The summed E-state index contributed by atoms with van der Waals surface area (Å²) in [5.41, 5.74) is -0.527. The first-order valence-corrected chi connectivity index (χ1v) is 8.87. The maximum atomic E-state index is 12.8. The van der Waals surface area contributed by atoms with E-state index in [1.54, 1.807) is 44.4 Å². The molecular formula is C20H21N3O4. The predicted octanol–water partition coefficient (Wildman–Crippen LogP) is 3.21. The Kier molecular flexibility index (Phi) is 4.02. The smallest absolute Gasteiger partial charge is 0.346 e. The number of urea groups is 1. The second-order valence-electron chi connectivity index (χ2n) is 7.20. The van der Waals surface area contributed by atoms with E-state index in [-0.39, 0.29) is 0 Å². The zero-order chi connectivity index (χ0) is 19.2. The monoisotopic (exact) mass is 367 g/mol. The van der Waals surface area contributed by atoms with Crippen molar-refractivity contribution in [3.63, 3.8) is 0 Å². The van der Waals surface area contributed by atoms with Crippen LogP contribution in [0.4, 0.5) is 4.79 Å². The normalized spacial score (nSPS) is 27.3. The number of hydrogen-bond acceptors (Lipinski definition) is 5. The number of nitrogens with one attached hydrogen (secondary N) is 1. The van der Waals surface area contributed by atoms with Gasteiger partial charge in [0.25, 0.3) is 5.91 Å². The van der Waals surface area contributed by atoms with Crippen LogP contribution in [0.1, 0.15) is 43.3 Å². The average Bonchev–Trinajstić information content (AvgIpc) is 3.12. The summed E-state index contributed by atoms with van der Waals surface area (Å²) >= 11 is 0. The maximum Gasteiger partial charge on any atom is 0.346 e. The molecule has 2 aliphatic rings. The molecule has 3 amide bonds. The highest BCUT2D eigenvalue weighted by Crippen LogP contribution is 2.47. The highest BCUT2D eigenvalue weighted by Gasteiger charge is 2.49. The van der Waals surface area contributed by atoms with Gasteiger partial charge in [-0.3, -0.25) is 4.79 Å². The fourth-order valence-corrected chi connectivity index (χ4v) is 3.32. The van der Waals surface area contributed by atoms with Gasteiger partial charge in [-0.2, -0.15) is 5.10 Å². The van der Waals surface area contributed by atoms with Gasteiger partial charge in [-0.25, -0.2) is 4.79 Å². The van der Waals surface area contributed by atoms with E-state index in [0.717, 1.165) is 17.2 Å². The number of benzene rings is 1. The quantitative estimate of drug-likeness (QED) is 0.650. The zero-order valence-corrected chi connectivity index (χ0v) is 15.4. The Hall–Kier alpha value is -3.09. The lowest BCUT2D eigenvalue weighted by molar-refractivity contribution is -0.131. The fourth-order valence-electron chi connectivity index (χ4n) is 3.32. The highest BCUT2D eigenvalue weighted by atomic mass is 16.5. The Labute approximate surface area is 157 Å². The third-order valence-electron chi connectivity index (χ3n) is 5.26. The van der Waals surface area contributed by atoms with E-state index >= 15 is 0 Å². The molecule has 0 spiro atoms. The van der Waals surface area contributed by atoms with Crippen LogP contribution in [0, 0.1) is 5.92 Å². The minimum Gasteiger partial charge on any atom is -0.497 e. The number of nitrogens with zero attached hydrogens (tertiary/aromatic N) is 2. The minimum absolute atomic E-state index is 0.448. The van der Waals surface area contributed by atoms with Gasteiger partial charge in [0.1, 0.15) is 22.8 Å². The second kappa shape index (κ2) is 6.26. The minimum atomic E-state index is -1.18. The van der Waals surface area contributed by atoms with Crippen molar-refractivity contribution in [1.82, 2.24) is 10.3 Å². The second-order valence-corrected chi connectivity index (χ2v) is 7.20. The molecule has 2 heterocycles. The Morgan fingerprint density at radius 2 is 1.96 bits per heavy atom. The van der Waals surface area contributed by atoms with Crippen molar-refractivity contribution in [2.45, 2.75) is 31.7 Å². The molecule has 140 valence electrons. The molecule has 0 bridgehead atoms. The number of hydrogen-bond donors (Lipinski definition) is 1. The summed E-state index contributed by atoms with van der Waals surface area (Å²) in [7, 11) is 1.57. The maximum absolute atomic E-state index is 12.8. The Morgan fingerprint density at radius 1 is 1.26 bits per heavy atom. The van der Waals surface area contributed by atoms with Crippen LogP contribution in [-0.2, 0) is 10.3 Å². The van der Waals surface area contributed by atoms with Crippen LogP contribution in [0.2, 0.25) is 0 Å². The summed E-state index contributed by atoms with van der Waals surface area (Å²) in [6.45, 7) is 3.83. The van der Waals surface area contributed by atoms with Crippen LogP contribution in [0.15, 0.2) is 45.9 Å². The highest BCUT2D eigenvalue weighted by molar-refractivity contribution is 6.07. The van der Waals surface area contributed by atoms with E-state index in [9.17, 15) is 9.59 Å². The van der Waals surface area contributed by atoms with Gasteiger partial charge in [-0.05, 0) is 49.1 Å². The molecule has 1 N–H and O–H groups in total. The van der Waals surface area contributed by atoms with Crippen molar-refractivity contribution >= 4 is 18.2 Å². The molecule has 3 atom stereocenters. The Balaban J connectivity index is 1.52. The van der Waals surface area contributed by atoms with Crippen LogP contribution in [0.25, 0.3) is 0 Å². The molecule has 1 saturated heterocycles. The Morgan fingerprint density at radius 3 is 2.59 bits per heavy atom. The first-order valence-electron chi connectivity index (χ1n) is 8.87. The van der Waals surface area contributed by atoms with Gasteiger partial charge in [0, 0.05) is 5.92 Å². The van der Waals surface area contributed by atoms with Gasteiger partial charge in [0.2, 0.25) is 0 Å². The van der Waals surface area contributed by atoms with Crippen molar-refractivity contribution in [1.29, 1.82) is 0 Å². The number of imide groups is 1. The van der Waals surface area contributed by atoms with Gasteiger partial charge in [-0.1, -0.05) is 19.1 Å². The number of carbonyl (C=O) groups excluding carboxylic acids is 2. The number of carbonyl (C=O) groups is 2. The van der Waals surface area contributed by atoms with E-state index in [1.165, 1.54) is 6.21 Å². The van der Waals surface area contributed by atoms with Crippen LogP contribution < -0.4 is 10.1 Å². The molecule has 1 saturated carbocycles. The molecule has 2 aromatic rings. The lowest BCUT2D eigenvalue weighted by atomic mass is 9.92. The summed E-state index contributed by atoms with van der Waals surface area (Å²) in [4.78, 5) is 25.2.